The number of ether oxygens (including phenoxy) is 2. The Morgan fingerprint density at radius 3 is 2.50 bits per heavy atom. The molecule has 1 fully saturated rings. The topological polar surface area (TPSA) is 50.7 Å². The summed E-state index contributed by atoms with van der Waals surface area (Å²) in [6.07, 6.45) is 1.64. The highest BCUT2D eigenvalue weighted by molar-refractivity contribution is 5.54. The van der Waals surface area contributed by atoms with Crippen LogP contribution >= 0.6 is 0 Å². The van der Waals surface area contributed by atoms with Crippen molar-refractivity contribution in [3.05, 3.63) is 17.4 Å². The lowest BCUT2D eigenvalue weighted by Gasteiger charge is -2.26. The van der Waals surface area contributed by atoms with E-state index >= 15 is 0 Å². The third kappa shape index (κ3) is 2.22. The molecule has 1 aromatic rings. The number of methoxy groups -OCH3 is 2. The van der Waals surface area contributed by atoms with Crippen molar-refractivity contribution in [1.82, 2.24) is 5.32 Å². The number of phenols is 1. The second-order valence-corrected chi connectivity index (χ2v) is 4.38. The van der Waals surface area contributed by atoms with Crippen LogP contribution in [-0.2, 0) is 0 Å². The minimum Gasteiger partial charge on any atom is -0.505 e. The SMILES string of the molecule is COc1cc(O)c(F)c(C2CCNCC2)c1OC. The van der Waals surface area contributed by atoms with Crippen LogP contribution in [0.2, 0.25) is 0 Å². The predicted molar refractivity (Wildman–Crippen MR) is 66.0 cm³/mol. The maximum atomic E-state index is 14.1. The number of piperidine rings is 1. The molecule has 0 unspecified atom stereocenters. The summed E-state index contributed by atoms with van der Waals surface area (Å²) in [5, 5.41) is 12.9. The molecular weight excluding hydrogens is 237 g/mol. The summed E-state index contributed by atoms with van der Waals surface area (Å²) in [7, 11) is 2.96. The molecule has 1 aliphatic heterocycles. The van der Waals surface area contributed by atoms with Crippen molar-refractivity contribution in [2.24, 2.45) is 0 Å². The molecule has 2 N–H and O–H groups in total. The average molecular weight is 255 g/mol. The van der Waals surface area contributed by atoms with Gasteiger partial charge in [-0.3, -0.25) is 0 Å². The predicted octanol–water partition coefficient (Wildman–Crippen LogP) is 2.02. The Morgan fingerprint density at radius 1 is 1.28 bits per heavy atom. The van der Waals surface area contributed by atoms with Crippen LogP contribution in [0.4, 0.5) is 4.39 Å². The third-order valence-corrected chi connectivity index (χ3v) is 3.37. The molecule has 0 spiro atoms. The molecule has 0 bridgehead atoms. The first kappa shape index (κ1) is 13.0. The minimum absolute atomic E-state index is 0.0437. The number of nitrogens with one attached hydrogen (secondary N) is 1. The molecule has 1 aliphatic rings. The Bertz CT molecular complexity index is 431. The second kappa shape index (κ2) is 5.44. The summed E-state index contributed by atoms with van der Waals surface area (Å²) in [5.41, 5.74) is 0.427. The Labute approximate surface area is 106 Å². The highest BCUT2D eigenvalue weighted by Crippen LogP contribution is 2.44. The van der Waals surface area contributed by atoms with Gasteiger partial charge in [0, 0.05) is 11.6 Å². The fourth-order valence-corrected chi connectivity index (χ4v) is 2.46. The third-order valence-electron chi connectivity index (χ3n) is 3.37. The van der Waals surface area contributed by atoms with E-state index in [-0.39, 0.29) is 11.7 Å². The van der Waals surface area contributed by atoms with Crippen LogP contribution in [0.3, 0.4) is 0 Å². The Balaban J connectivity index is 2.51. The van der Waals surface area contributed by atoms with Gasteiger partial charge < -0.3 is 19.9 Å². The molecule has 0 radical (unpaired) electrons. The van der Waals surface area contributed by atoms with E-state index in [1.165, 1.54) is 20.3 Å². The molecule has 1 aromatic carbocycles. The van der Waals surface area contributed by atoms with Crippen molar-refractivity contribution >= 4 is 0 Å². The molecule has 0 saturated carbocycles. The Morgan fingerprint density at radius 2 is 1.94 bits per heavy atom. The lowest BCUT2D eigenvalue weighted by Crippen LogP contribution is -2.27. The Hall–Kier alpha value is -1.49. The summed E-state index contributed by atoms with van der Waals surface area (Å²) in [5.74, 6) is -0.187. The molecule has 1 saturated heterocycles. The summed E-state index contributed by atoms with van der Waals surface area (Å²) in [6.45, 7) is 1.68. The van der Waals surface area contributed by atoms with E-state index in [1.807, 2.05) is 0 Å². The van der Waals surface area contributed by atoms with E-state index < -0.39 is 5.82 Å². The number of hydrogen-bond acceptors (Lipinski definition) is 4. The monoisotopic (exact) mass is 255 g/mol. The second-order valence-electron chi connectivity index (χ2n) is 4.38. The van der Waals surface area contributed by atoms with Crippen LogP contribution in [0.5, 0.6) is 17.2 Å². The number of benzene rings is 1. The molecule has 1 heterocycles. The van der Waals surface area contributed by atoms with Crippen molar-refractivity contribution in [3.8, 4) is 17.2 Å². The van der Waals surface area contributed by atoms with E-state index in [2.05, 4.69) is 5.32 Å². The summed E-state index contributed by atoms with van der Waals surface area (Å²) < 4.78 is 24.5. The first-order chi connectivity index (χ1) is 8.69. The molecule has 5 heteroatoms. The van der Waals surface area contributed by atoms with Crippen LogP contribution in [-0.4, -0.2) is 32.4 Å². The zero-order chi connectivity index (χ0) is 13.1. The summed E-state index contributed by atoms with van der Waals surface area (Å²) in [4.78, 5) is 0. The van der Waals surface area contributed by atoms with Crippen molar-refractivity contribution in [3.63, 3.8) is 0 Å². The van der Waals surface area contributed by atoms with Gasteiger partial charge in [-0.1, -0.05) is 0 Å². The smallest absolute Gasteiger partial charge is 0.172 e. The number of hydrogen-bond donors (Lipinski definition) is 2. The van der Waals surface area contributed by atoms with Crippen molar-refractivity contribution < 1.29 is 19.0 Å². The molecule has 100 valence electrons. The Kier molecular flexibility index (Phi) is 3.91. The van der Waals surface area contributed by atoms with Crippen LogP contribution in [0.15, 0.2) is 6.07 Å². The van der Waals surface area contributed by atoms with Gasteiger partial charge in [0.25, 0.3) is 0 Å². The molecule has 0 aromatic heterocycles. The van der Waals surface area contributed by atoms with Gasteiger partial charge in [0.05, 0.1) is 14.2 Å². The summed E-state index contributed by atoms with van der Waals surface area (Å²) in [6, 6.07) is 1.25. The van der Waals surface area contributed by atoms with Crippen molar-refractivity contribution in [2.45, 2.75) is 18.8 Å². The average Bonchev–Trinajstić information content (AvgIpc) is 2.42. The van der Waals surface area contributed by atoms with Crippen LogP contribution in [0.1, 0.15) is 24.3 Å². The minimum atomic E-state index is -0.598. The largest absolute Gasteiger partial charge is 0.505 e. The van der Waals surface area contributed by atoms with Gasteiger partial charge in [0.1, 0.15) is 0 Å². The molecule has 2 rings (SSSR count). The van der Waals surface area contributed by atoms with Gasteiger partial charge in [-0.15, -0.1) is 0 Å². The van der Waals surface area contributed by atoms with Gasteiger partial charge >= 0.3 is 0 Å². The lowest BCUT2D eigenvalue weighted by molar-refractivity contribution is 0.329. The highest BCUT2D eigenvalue weighted by atomic mass is 19.1. The van der Waals surface area contributed by atoms with E-state index in [9.17, 15) is 9.50 Å². The maximum absolute atomic E-state index is 14.1. The first-order valence-corrected chi connectivity index (χ1v) is 6.03. The van der Waals surface area contributed by atoms with E-state index in [0.717, 1.165) is 25.9 Å². The molecule has 0 amide bonds. The highest BCUT2D eigenvalue weighted by Gasteiger charge is 2.27. The zero-order valence-corrected chi connectivity index (χ0v) is 10.6. The molecule has 4 nitrogen and oxygen atoms in total. The van der Waals surface area contributed by atoms with Gasteiger partial charge in [-0.25, -0.2) is 4.39 Å². The normalized spacial score (nSPS) is 16.6. The maximum Gasteiger partial charge on any atom is 0.172 e. The van der Waals surface area contributed by atoms with Crippen LogP contribution < -0.4 is 14.8 Å². The summed E-state index contributed by atoms with van der Waals surface area (Å²) >= 11 is 0. The van der Waals surface area contributed by atoms with Crippen molar-refractivity contribution in [2.75, 3.05) is 27.3 Å². The number of phenolic OH excluding ortho intramolecular Hbond substituents is 1. The van der Waals surface area contributed by atoms with E-state index in [0.29, 0.717) is 17.1 Å². The van der Waals surface area contributed by atoms with Gasteiger partial charge in [-0.05, 0) is 31.8 Å². The molecule has 18 heavy (non-hydrogen) atoms. The van der Waals surface area contributed by atoms with E-state index in [1.54, 1.807) is 0 Å². The number of halogens is 1. The lowest BCUT2D eigenvalue weighted by atomic mass is 9.88. The number of rotatable bonds is 3. The van der Waals surface area contributed by atoms with E-state index in [4.69, 9.17) is 9.47 Å². The zero-order valence-electron chi connectivity index (χ0n) is 10.6. The standard InChI is InChI=1S/C13H18FNO3/c1-17-10-7-9(16)12(14)11(13(10)18-2)8-3-5-15-6-4-8/h7-8,15-16H,3-6H2,1-2H3. The quantitative estimate of drug-likeness (QED) is 0.867. The molecule has 0 atom stereocenters. The first-order valence-electron chi connectivity index (χ1n) is 6.03. The molecular formula is C13H18FNO3. The molecule has 0 aliphatic carbocycles. The fourth-order valence-electron chi connectivity index (χ4n) is 2.46. The van der Waals surface area contributed by atoms with Crippen LogP contribution in [0, 0.1) is 5.82 Å². The van der Waals surface area contributed by atoms with Gasteiger partial charge in [0.15, 0.2) is 23.1 Å². The van der Waals surface area contributed by atoms with Crippen molar-refractivity contribution in [1.29, 1.82) is 0 Å². The fraction of sp³-hybridized carbons (Fsp3) is 0.538. The van der Waals surface area contributed by atoms with Gasteiger partial charge in [0.2, 0.25) is 0 Å². The number of aromatic hydroxyl groups is 1. The van der Waals surface area contributed by atoms with Gasteiger partial charge in [-0.2, -0.15) is 0 Å². The van der Waals surface area contributed by atoms with Crippen LogP contribution in [0.25, 0.3) is 0 Å².